The Hall–Kier alpha value is -3.17. The van der Waals surface area contributed by atoms with E-state index in [2.05, 4.69) is 41.1 Å². The standard InChI is InChI=1S/C23H24N6O2S/c1-31-21-5-4-18-22(26-21)19(6-10-24-18)25-23(30)16-8-12-29(13-9-16)11-7-15-2-3-17-20(14-15)28-32-27-17/h2-6,10,14,16H,7-9,11-13H2,1H3,(H,24,25,30). The van der Waals surface area contributed by atoms with Crippen molar-refractivity contribution in [2.24, 2.45) is 5.92 Å². The Morgan fingerprint density at radius 3 is 2.78 bits per heavy atom. The second-order valence-electron chi connectivity index (χ2n) is 8.02. The number of benzene rings is 1. The molecule has 5 rings (SSSR count). The fraction of sp³-hybridized carbons (Fsp3) is 0.348. The first-order valence-electron chi connectivity index (χ1n) is 10.7. The zero-order valence-electron chi connectivity index (χ0n) is 17.8. The van der Waals surface area contributed by atoms with Crippen LogP contribution in [0.1, 0.15) is 18.4 Å². The van der Waals surface area contributed by atoms with E-state index in [1.807, 2.05) is 12.1 Å². The van der Waals surface area contributed by atoms with Crippen LogP contribution in [-0.2, 0) is 11.2 Å². The number of hydrogen-bond donors (Lipinski definition) is 1. The van der Waals surface area contributed by atoms with Crippen molar-refractivity contribution in [3.05, 3.63) is 48.2 Å². The molecule has 0 radical (unpaired) electrons. The normalized spacial score (nSPS) is 15.3. The monoisotopic (exact) mass is 448 g/mol. The predicted octanol–water partition coefficient (Wildman–Crippen LogP) is 3.54. The van der Waals surface area contributed by atoms with E-state index in [0.29, 0.717) is 17.1 Å². The highest BCUT2D eigenvalue weighted by Gasteiger charge is 2.25. The van der Waals surface area contributed by atoms with Crippen molar-refractivity contribution >= 4 is 45.4 Å². The van der Waals surface area contributed by atoms with Gasteiger partial charge in [0.1, 0.15) is 16.6 Å². The molecule has 1 aliphatic rings. The topological polar surface area (TPSA) is 93.1 Å². The van der Waals surface area contributed by atoms with Gasteiger partial charge in [-0.15, -0.1) is 0 Å². The molecular weight excluding hydrogens is 424 g/mol. The molecule has 1 fully saturated rings. The second-order valence-corrected chi connectivity index (χ2v) is 8.55. The van der Waals surface area contributed by atoms with Crippen molar-refractivity contribution in [1.82, 2.24) is 23.6 Å². The van der Waals surface area contributed by atoms with Gasteiger partial charge in [-0.2, -0.15) is 8.75 Å². The van der Waals surface area contributed by atoms with Gasteiger partial charge >= 0.3 is 0 Å². The maximum absolute atomic E-state index is 12.9. The number of carbonyl (C=O) groups excluding carboxylic acids is 1. The molecule has 0 spiro atoms. The molecule has 9 heteroatoms. The first-order valence-corrected chi connectivity index (χ1v) is 11.5. The van der Waals surface area contributed by atoms with Gasteiger partial charge in [0.15, 0.2) is 0 Å². The van der Waals surface area contributed by atoms with E-state index < -0.39 is 0 Å². The summed E-state index contributed by atoms with van der Waals surface area (Å²) in [6, 6.07) is 11.7. The van der Waals surface area contributed by atoms with Crippen molar-refractivity contribution in [2.75, 3.05) is 32.1 Å². The van der Waals surface area contributed by atoms with E-state index >= 15 is 0 Å². The first-order chi connectivity index (χ1) is 15.7. The average Bonchev–Trinajstić information content (AvgIpc) is 3.31. The summed E-state index contributed by atoms with van der Waals surface area (Å²) in [5.74, 6) is 0.542. The van der Waals surface area contributed by atoms with E-state index in [0.717, 1.165) is 55.4 Å². The number of anilines is 1. The quantitative estimate of drug-likeness (QED) is 0.482. The molecular formula is C23H24N6O2S. The molecule has 4 heterocycles. The highest BCUT2D eigenvalue weighted by molar-refractivity contribution is 7.00. The number of ether oxygens (including phenoxy) is 1. The summed E-state index contributed by atoms with van der Waals surface area (Å²) in [5, 5.41) is 3.07. The van der Waals surface area contributed by atoms with Gasteiger partial charge in [-0.1, -0.05) is 6.07 Å². The number of carbonyl (C=O) groups is 1. The maximum atomic E-state index is 12.9. The van der Waals surface area contributed by atoms with E-state index in [1.54, 1.807) is 25.4 Å². The molecule has 32 heavy (non-hydrogen) atoms. The van der Waals surface area contributed by atoms with Crippen molar-refractivity contribution in [2.45, 2.75) is 19.3 Å². The van der Waals surface area contributed by atoms with Crippen molar-refractivity contribution in [3.63, 3.8) is 0 Å². The fourth-order valence-electron chi connectivity index (χ4n) is 4.15. The molecule has 0 unspecified atom stereocenters. The minimum atomic E-state index is -0.00231. The third-order valence-electron chi connectivity index (χ3n) is 6.02. The van der Waals surface area contributed by atoms with E-state index in [-0.39, 0.29) is 11.8 Å². The number of nitrogens with one attached hydrogen (secondary N) is 1. The first kappa shape index (κ1) is 20.7. The third-order valence-corrected chi connectivity index (χ3v) is 6.58. The highest BCUT2D eigenvalue weighted by atomic mass is 32.1. The highest BCUT2D eigenvalue weighted by Crippen LogP contribution is 2.25. The molecule has 3 aromatic heterocycles. The van der Waals surface area contributed by atoms with Crippen LogP contribution in [0.5, 0.6) is 5.88 Å². The van der Waals surface area contributed by atoms with Gasteiger partial charge in [0.25, 0.3) is 0 Å². The van der Waals surface area contributed by atoms with E-state index in [9.17, 15) is 4.79 Å². The van der Waals surface area contributed by atoms with Crippen LogP contribution in [0.15, 0.2) is 42.6 Å². The molecule has 1 saturated heterocycles. The Morgan fingerprint density at radius 1 is 1.12 bits per heavy atom. The van der Waals surface area contributed by atoms with Gasteiger partial charge in [-0.25, -0.2) is 4.98 Å². The number of methoxy groups -OCH3 is 1. The van der Waals surface area contributed by atoms with Gasteiger partial charge in [-0.3, -0.25) is 9.78 Å². The third kappa shape index (κ3) is 4.39. The van der Waals surface area contributed by atoms with E-state index in [1.165, 1.54) is 17.3 Å². The number of likely N-dealkylation sites (tertiary alicyclic amines) is 1. The van der Waals surface area contributed by atoms with Gasteiger partial charge in [0.05, 0.1) is 30.0 Å². The minimum absolute atomic E-state index is 0.00231. The molecule has 0 bridgehead atoms. The number of hydrogen-bond acceptors (Lipinski definition) is 8. The average molecular weight is 449 g/mol. The number of pyridine rings is 2. The van der Waals surface area contributed by atoms with Crippen LogP contribution in [0, 0.1) is 5.92 Å². The molecule has 1 aliphatic heterocycles. The lowest BCUT2D eigenvalue weighted by Gasteiger charge is -2.31. The summed E-state index contributed by atoms with van der Waals surface area (Å²) in [7, 11) is 1.57. The van der Waals surface area contributed by atoms with Crippen LogP contribution in [0.3, 0.4) is 0 Å². The summed E-state index contributed by atoms with van der Waals surface area (Å²) in [6.07, 6.45) is 4.36. The van der Waals surface area contributed by atoms with Crippen molar-refractivity contribution < 1.29 is 9.53 Å². The smallest absolute Gasteiger partial charge is 0.227 e. The largest absolute Gasteiger partial charge is 0.481 e. The lowest BCUT2D eigenvalue weighted by atomic mass is 9.95. The van der Waals surface area contributed by atoms with Crippen LogP contribution < -0.4 is 10.1 Å². The SMILES string of the molecule is COc1ccc2nccc(NC(=O)C3CCN(CCc4ccc5nsnc5c4)CC3)c2n1. The zero-order valence-corrected chi connectivity index (χ0v) is 18.6. The molecule has 164 valence electrons. The fourth-order valence-corrected chi connectivity index (χ4v) is 4.66. The summed E-state index contributed by atoms with van der Waals surface area (Å²) in [6.45, 7) is 2.82. The molecule has 1 amide bonds. The maximum Gasteiger partial charge on any atom is 0.227 e. The van der Waals surface area contributed by atoms with Crippen LogP contribution >= 0.6 is 11.7 Å². The molecule has 0 atom stereocenters. The van der Waals surface area contributed by atoms with E-state index in [4.69, 9.17) is 4.74 Å². The van der Waals surface area contributed by atoms with Crippen LogP contribution in [-0.4, -0.2) is 56.3 Å². The van der Waals surface area contributed by atoms with Crippen LogP contribution in [0.25, 0.3) is 22.1 Å². The molecule has 1 aromatic carbocycles. The summed E-state index contributed by atoms with van der Waals surface area (Å²) < 4.78 is 13.8. The molecule has 0 saturated carbocycles. The van der Waals surface area contributed by atoms with Gasteiger partial charge in [-0.05, 0) is 62.2 Å². The lowest BCUT2D eigenvalue weighted by Crippen LogP contribution is -2.39. The number of piperidine rings is 1. The molecule has 1 N–H and O–H groups in total. The Morgan fingerprint density at radius 2 is 1.94 bits per heavy atom. The number of amides is 1. The number of aromatic nitrogens is 4. The number of nitrogens with zero attached hydrogens (tertiary/aromatic N) is 5. The Bertz CT molecular complexity index is 1250. The number of rotatable bonds is 6. The summed E-state index contributed by atoms with van der Waals surface area (Å²) in [4.78, 5) is 24.1. The molecule has 8 nitrogen and oxygen atoms in total. The summed E-state index contributed by atoms with van der Waals surface area (Å²) >= 11 is 1.25. The number of fused-ring (bicyclic) bond motifs is 2. The van der Waals surface area contributed by atoms with Gasteiger partial charge in [0.2, 0.25) is 11.8 Å². The Labute approximate surface area is 190 Å². The Kier molecular flexibility index (Phi) is 5.91. The molecule has 4 aromatic rings. The van der Waals surface area contributed by atoms with Gasteiger partial charge in [0, 0.05) is 24.7 Å². The van der Waals surface area contributed by atoms with Gasteiger partial charge < -0.3 is 15.0 Å². The Balaban J connectivity index is 1.16. The van der Waals surface area contributed by atoms with Crippen LogP contribution in [0.4, 0.5) is 5.69 Å². The second kappa shape index (κ2) is 9.13. The van der Waals surface area contributed by atoms with Crippen molar-refractivity contribution in [1.29, 1.82) is 0 Å². The predicted molar refractivity (Wildman–Crippen MR) is 125 cm³/mol. The van der Waals surface area contributed by atoms with Crippen LogP contribution in [0.2, 0.25) is 0 Å². The lowest BCUT2D eigenvalue weighted by molar-refractivity contribution is -0.121. The van der Waals surface area contributed by atoms with Crippen molar-refractivity contribution in [3.8, 4) is 5.88 Å². The summed E-state index contributed by atoms with van der Waals surface area (Å²) in [5.41, 5.74) is 5.25. The minimum Gasteiger partial charge on any atom is -0.481 e. The molecule has 0 aliphatic carbocycles. The zero-order chi connectivity index (χ0) is 21.9.